The van der Waals surface area contributed by atoms with Gasteiger partial charge in [-0.25, -0.2) is 0 Å². The third-order valence-electron chi connectivity index (χ3n) is 4.65. The molecule has 1 saturated heterocycles. The van der Waals surface area contributed by atoms with Crippen molar-refractivity contribution in [2.75, 3.05) is 19.6 Å². The number of hydrogen-bond donors (Lipinski definition) is 2. The first-order valence-electron chi connectivity index (χ1n) is 8.06. The van der Waals surface area contributed by atoms with Gasteiger partial charge >= 0.3 is 0 Å². The highest BCUT2D eigenvalue weighted by atomic mass is 15.0. The smallest absolute Gasteiger partial charge is 0.0139 e. The summed E-state index contributed by atoms with van der Waals surface area (Å²) in [6, 6.07) is 11.5. The zero-order chi connectivity index (χ0) is 13.8. The number of hydrogen-bond acceptors (Lipinski definition) is 2. The minimum Gasteiger partial charge on any atom is -0.316 e. The molecule has 1 aliphatic heterocycles. The summed E-state index contributed by atoms with van der Waals surface area (Å²) in [6.45, 7) is 5.92. The molecule has 2 aliphatic rings. The van der Waals surface area contributed by atoms with Crippen LogP contribution in [0.4, 0.5) is 0 Å². The molecule has 0 unspecified atom stereocenters. The molecular formula is C18H26N2. The maximum absolute atomic E-state index is 3.74. The second-order valence-electron chi connectivity index (χ2n) is 6.20. The van der Waals surface area contributed by atoms with Gasteiger partial charge in [0, 0.05) is 6.04 Å². The van der Waals surface area contributed by atoms with Gasteiger partial charge in [0.15, 0.2) is 0 Å². The maximum Gasteiger partial charge on any atom is 0.0139 e. The average Bonchev–Trinajstić information content (AvgIpc) is 3.19. The predicted molar refractivity (Wildman–Crippen MR) is 85.6 cm³/mol. The molecule has 0 amide bonds. The van der Waals surface area contributed by atoms with Gasteiger partial charge in [0.2, 0.25) is 0 Å². The molecule has 2 heteroatoms. The molecule has 2 nitrogen and oxygen atoms in total. The first-order valence-corrected chi connectivity index (χ1v) is 8.06. The Morgan fingerprint density at radius 1 is 1.30 bits per heavy atom. The molecule has 1 aromatic carbocycles. The van der Waals surface area contributed by atoms with Gasteiger partial charge in [0.1, 0.15) is 0 Å². The van der Waals surface area contributed by atoms with E-state index in [4.69, 9.17) is 0 Å². The van der Waals surface area contributed by atoms with Crippen molar-refractivity contribution in [3.8, 4) is 0 Å². The molecule has 20 heavy (non-hydrogen) atoms. The van der Waals surface area contributed by atoms with E-state index in [1.165, 1.54) is 44.5 Å². The zero-order valence-corrected chi connectivity index (χ0v) is 12.4. The van der Waals surface area contributed by atoms with Crippen LogP contribution in [0, 0.1) is 11.8 Å². The summed E-state index contributed by atoms with van der Waals surface area (Å²) in [6.07, 6.45) is 6.22. The summed E-state index contributed by atoms with van der Waals surface area (Å²) in [5.74, 6) is 1.70. The third kappa shape index (κ3) is 3.50. The highest BCUT2D eigenvalue weighted by molar-refractivity contribution is 5.54. The van der Waals surface area contributed by atoms with Crippen molar-refractivity contribution in [2.24, 2.45) is 11.8 Å². The molecule has 0 aromatic heterocycles. The zero-order valence-electron chi connectivity index (χ0n) is 12.4. The van der Waals surface area contributed by atoms with Crippen LogP contribution in [0.2, 0.25) is 0 Å². The summed E-state index contributed by atoms with van der Waals surface area (Å²) in [5, 5.41) is 7.08. The van der Waals surface area contributed by atoms with Crippen LogP contribution < -0.4 is 10.6 Å². The quantitative estimate of drug-likeness (QED) is 0.795. The number of benzene rings is 1. The molecule has 1 aliphatic carbocycles. The maximum atomic E-state index is 3.74. The highest BCUT2D eigenvalue weighted by Gasteiger charge is 2.38. The van der Waals surface area contributed by atoms with Crippen LogP contribution in [0.15, 0.2) is 35.9 Å². The van der Waals surface area contributed by atoms with Gasteiger partial charge in [-0.15, -0.1) is 0 Å². The van der Waals surface area contributed by atoms with E-state index in [2.05, 4.69) is 54.0 Å². The van der Waals surface area contributed by atoms with Crippen molar-refractivity contribution in [3.05, 3.63) is 41.5 Å². The Hall–Kier alpha value is -1.12. The van der Waals surface area contributed by atoms with Crippen LogP contribution in [0.3, 0.4) is 0 Å². The average molecular weight is 270 g/mol. The molecule has 2 fully saturated rings. The van der Waals surface area contributed by atoms with E-state index < -0.39 is 0 Å². The fourth-order valence-corrected chi connectivity index (χ4v) is 3.09. The van der Waals surface area contributed by atoms with Gasteiger partial charge in [-0.05, 0) is 56.3 Å². The lowest BCUT2D eigenvalue weighted by Gasteiger charge is -2.27. The van der Waals surface area contributed by atoms with Crippen LogP contribution in [0.5, 0.6) is 0 Å². The summed E-state index contributed by atoms with van der Waals surface area (Å²) in [5.41, 5.74) is 2.95. The SMILES string of the molecule is CCC(=Cc1ccccc1)[C@@H]1C[C@H]1NCCC1CNC1. The standard InChI is InChI=1S/C18H26N2/c1-2-16(10-14-6-4-3-5-7-14)17-11-18(17)20-9-8-15-12-19-13-15/h3-7,10,15,17-20H,2,8-9,11-13H2,1H3/t17-,18+/m0/s1. The number of nitrogens with one attached hydrogen (secondary N) is 2. The predicted octanol–water partition coefficient (Wildman–Crippen LogP) is 3.07. The Balaban J connectivity index is 1.47. The van der Waals surface area contributed by atoms with E-state index in [-0.39, 0.29) is 0 Å². The van der Waals surface area contributed by atoms with Gasteiger partial charge in [-0.1, -0.05) is 48.9 Å². The van der Waals surface area contributed by atoms with Crippen LogP contribution in [0.25, 0.3) is 6.08 Å². The summed E-state index contributed by atoms with van der Waals surface area (Å²) < 4.78 is 0. The Kier molecular flexibility index (Phi) is 4.54. The Morgan fingerprint density at radius 3 is 2.75 bits per heavy atom. The monoisotopic (exact) mass is 270 g/mol. The van der Waals surface area contributed by atoms with Crippen molar-refractivity contribution in [2.45, 2.75) is 32.2 Å². The van der Waals surface area contributed by atoms with Crippen LogP contribution in [-0.2, 0) is 0 Å². The van der Waals surface area contributed by atoms with Crippen molar-refractivity contribution in [1.82, 2.24) is 10.6 Å². The third-order valence-corrected chi connectivity index (χ3v) is 4.65. The summed E-state index contributed by atoms with van der Waals surface area (Å²) in [7, 11) is 0. The van der Waals surface area contributed by atoms with Crippen molar-refractivity contribution >= 4 is 6.08 Å². The van der Waals surface area contributed by atoms with E-state index in [1.54, 1.807) is 5.57 Å². The summed E-state index contributed by atoms with van der Waals surface area (Å²) >= 11 is 0. The van der Waals surface area contributed by atoms with Crippen LogP contribution in [0.1, 0.15) is 31.7 Å². The molecule has 1 aromatic rings. The molecular weight excluding hydrogens is 244 g/mol. The van der Waals surface area contributed by atoms with Crippen molar-refractivity contribution in [3.63, 3.8) is 0 Å². The van der Waals surface area contributed by atoms with Gasteiger partial charge in [-0.2, -0.15) is 0 Å². The lowest BCUT2D eigenvalue weighted by Crippen LogP contribution is -2.43. The fourth-order valence-electron chi connectivity index (χ4n) is 3.09. The molecule has 1 heterocycles. The minimum atomic E-state index is 0.734. The second-order valence-corrected chi connectivity index (χ2v) is 6.20. The van der Waals surface area contributed by atoms with Crippen molar-refractivity contribution in [1.29, 1.82) is 0 Å². The Labute approximate surface area is 122 Å². The molecule has 2 atom stereocenters. The minimum absolute atomic E-state index is 0.734. The number of rotatable bonds is 7. The first kappa shape index (κ1) is 13.8. The highest BCUT2D eigenvalue weighted by Crippen LogP contribution is 2.39. The Morgan fingerprint density at radius 2 is 2.10 bits per heavy atom. The fraction of sp³-hybridized carbons (Fsp3) is 0.556. The topological polar surface area (TPSA) is 24.1 Å². The van der Waals surface area contributed by atoms with Gasteiger partial charge < -0.3 is 10.6 Å². The van der Waals surface area contributed by atoms with Gasteiger partial charge in [-0.3, -0.25) is 0 Å². The molecule has 0 bridgehead atoms. The van der Waals surface area contributed by atoms with E-state index in [9.17, 15) is 0 Å². The Bertz CT molecular complexity index is 448. The normalized spacial score (nSPS) is 26.4. The molecule has 3 rings (SSSR count). The van der Waals surface area contributed by atoms with Crippen molar-refractivity contribution < 1.29 is 0 Å². The largest absolute Gasteiger partial charge is 0.316 e. The summed E-state index contributed by atoms with van der Waals surface area (Å²) in [4.78, 5) is 0. The second kappa shape index (κ2) is 6.55. The molecule has 1 saturated carbocycles. The van der Waals surface area contributed by atoms with E-state index >= 15 is 0 Å². The van der Waals surface area contributed by atoms with E-state index in [1.807, 2.05) is 0 Å². The molecule has 0 radical (unpaired) electrons. The van der Waals surface area contributed by atoms with E-state index in [0.29, 0.717) is 0 Å². The van der Waals surface area contributed by atoms with Gasteiger partial charge in [0.25, 0.3) is 0 Å². The van der Waals surface area contributed by atoms with E-state index in [0.717, 1.165) is 17.9 Å². The lowest BCUT2D eigenvalue weighted by atomic mass is 9.99. The first-order chi connectivity index (χ1) is 9.86. The van der Waals surface area contributed by atoms with Gasteiger partial charge in [0.05, 0.1) is 0 Å². The molecule has 0 spiro atoms. The van der Waals surface area contributed by atoms with Crippen LogP contribution >= 0.6 is 0 Å². The molecule has 108 valence electrons. The lowest BCUT2D eigenvalue weighted by molar-refractivity contribution is 0.321. The van der Waals surface area contributed by atoms with Crippen LogP contribution in [-0.4, -0.2) is 25.7 Å². The molecule has 2 N–H and O–H groups in total.